The summed E-state index contributed by atoms with van der Waals surface area (Å²) in [5.74, 6) is -1.03. The van der Waals surface area contributed by atoms with Crippen LogP contribution in [0.15, 0.2) is 45.1 Å². The number of carbonyl (C=O) groups excluding carboxylic acids is 1. The summed E-state index contributed by atoms with van der Waals surface area (Å²) in [5, 5.41) is 6.66. The standard InChI is InChI=1S/C9H8N2O3S/c1-15(13,14)9-7-5-3-2-4-6(7)8(12)10-11-9/h2-6H,1H3. The summed E-state index contributed by atoms with van der Waals surface area (Å²) in [7, 11) is -3.44. The summed E-state index contributed by atoms with van der Waals surface area (Å²) in [4.78, 5) is 11.3. The van der Waals surface area contributed by atoms with Crippen LogP contribution < -0.4 is 0 Å². The molecular formula is C9H8N2O3S. The first kappa shape index (κ1) is 9.97. The normalized spacial score (nSPS) is 24.6. The molecule has 5 nitrogen and oxygen atoms in total. The van der Waals surface area contributed by atoms with Crippen LogP contribution in [0.2, 0.25) is 0 Å². The zero-order valence-corrected chi connectivity index (χ0v) is 8.73. The second-order valence-corrected chi connectivity index (χ2v) is 5.22. The molecular weight excluding hydrogens is 216 g/mol. The molecule has 0 N–H and O–H groups in total. The van der Waals surface area contributed by atoms with Gasteiger partial charge in [0.25, 0.3) is 5.91 Å². The van der Waals surface area contributed by atoms with Gasteiger partial charge in [-0.25, -0.2) is 8.42 Å². The zero-order chi connectivity index (χ0) is 11.1. The lowest BCUT2D eigenvalue weighted by Crippen LogP contribution is -2.20. The highest BCUT2D eigenvalue weighted by atomic mass is 32.2. The van der Waals surface area contributed by atoms with Crippen molar-refractivity contribution >= 4 is 15.7 Å². The third-order valence-corrected chi connectivity index (χ3v) is 3.15. The van der Waals surface area contributed by atoms with E-state index in [-0.39, 0.29) is 5.03 Å². The SMILES string of the molecule is CS(=O)(=O)C1=C2C=CC=CC2C(=O)N=N1. The highest BCUT2D eigenvalue weighted by Gasteiger charge is 2.30. The van der Waals surface area contributed by atoms with Gasteiger partial charge in [0.15, 0.2) is 14.9 Å². The maximum Gasteiger partial charge on any atom is 0.276 e. The largest absolute Gasteiger partial charge is 0.276 e. The van der Waals surface area contributed by atoms with Crippen LogP contribution in [-0.2, 0) is 14.6 Å². The molecule has 1 unspecified atom stereocenters. The van der Waals surface area contributed by atoms with Crippen LogP contribution in [0, 0.1) is 5.92 Å². The Hall–Kier alpha value is -1.56. The molecule has 0 saturated carbocycles. The van der Waals surface area contributed by atoms with Gasteiger partial charge in [0.2, 0.25) is 0 Å². The van der Waals surface area contributed by atoms with E-state index in [1.165, 1.54) is 0 Å². The van der Waals surface area contributed by atoms with E-state index in [0.29, 0.717) is 5.57 Å². The average molecular weight is 224 g/mol. The van der Waals surface area contributed by atoms with Crippen molar-refractivity contribution in [3.05, 3.63) is 34.9 Å². The Kier molecular flexibility index (Phi) is 2.15. The second kappa shape index (κ2) is 3.23. The molecule has 0 fully saturated rings. The molecule has 78 valence electrons. The fourth-order valence-electron chi connectivity index (χ4n) is 1.46. The van der Waals surface area contributed by atoms with Crippen LogP contribution in [0.5, 0.6) is 0 Å². The Labute approximate surface area is 86.8 Å². The van der Waals surface area contributed by atoms with Crippen LogP contribution in [0.3, 0.4) is 0 Å². The highest BCUT2D eigenvalue weighted by Crippen LogP contribution is 2.30. The van der Waals surface area contributed by atoms with E-state index in [1.54, 1.807) is 24.3 Å². The van der Waals surface area contributed by atoms with E-state index in [2.05, 4.69) is 10.2 Å². The minimum atomic E-state index is -3.44. The van der Waals surface area contributed by atoms with E-state index in [0.717, 1.165) is 6.26 Å². The first-order valence-electron chi connectivity index (χ1n) is 4.25. The van der Waals surface area contributed by atoms with Crippen LogP contribution in [0.1, 0.15) is 0 Å². The minimum Gasteiger partial charge on any atom is -0.270 e. The summed E-state index contributed by atoms with van der Waals surface area (Å²) in [6.07, 6.45) is 7.60. The zero-order valence-electron chi connectivity index (χ0n) is 7.91. The number of amides is 1. The molecule has 1 aliphatic carbocycles. The topological polar surface area (TPSA) is 75.9 Å². The van der Waals surface area contributed by atoms with Crippen LogP contribution in [-0.4, -0.2) is 20.6 Å². The van der Waals surface area contributed by atoms with E-state index >= 15 is 0 Å². The fraction of sp³-hybridized carbons (Fsp3) is 0.222. The van der Waals surface area contributed by atoms with Crippen molar-refractivity contribution < 1.29 is 13.2 Å². The molecule has 2 rings (SSSR count). The van der Waals surface area contributed by atoms with Crippen molar-refractivity contribution in [3.8, 4) is 0 Å². The molecule has 0 bridgehead atoms. The highest BCUT2D eigenvalue weighted by molar-refractivity contribution is 7.94. The monoisotopic (exact) mass is 224 g/mol. The summed E-state index contributed by atoms with van der Waals surface area (Å²) in [6.45, 7) is 0. The Morgan fingerprint density at radius 1 is 1.27 bits per heavy atom. The second-order valence-electron chi connectivity index (χ2n) is 3.29. The van der Waals surface area contributed by atoms with Gasteiger partial charge in [0, 0.05) is 11.8 Å². The van der Waals surface area contributed by atoms with Gasteiger partial charge in [0.1, 0.15) is 0 Å². The number of azo groups is 1. The summed E-state index contributed by atoms with van der Waals surface area (Å²) < 4.78 is 22.7. The van der Waals surface area contributed by atoms with Crippen LogP contribution in [0.4, 0.5) is 0 Å². The van der Waals surface area contributed by atoms with E-state index in [9.17, 15) is 13.2 Å². The molecule has 15 heavy (non-hydrogen) atoms. The number of carbonyl (C=O) groups is 1. The lowest BCUT2D eigenvalue weighted by Gasteiger charge is -2.17. The third kappa shape index (κ3) is 1.68. The molecule has 1 heterocycles. The summed E-state index contributed by atoms with van der Waals surface area (Å²) in [6, 6.07) is 0. The summed E-state index contributed by atoms with van der Waals surface area (Å²) in [5.41, 5.74) is 0.403. The van der Waals surface area contributed by atoms with E-state index in [1.807, 2.05) is 0 Å². The van der Waals surface area contributed by atoms with Gasteiger partial charge < -0.3 is 0 Å². The molecule has 1 atom stereocenters. The molecule has 6 heteroatoms. The van der Waals surface area contributed by atoms with Gasteiger partial charge in [-0.15, -0.1) is 10.2 Å². The van der Waals surface area contributed by atoms with Crippen molar-refractivity contribution in [3.63, 3.8) is 0 Å². The Balaban J connectivity index is 2.65. The van der Waals surface area contributed by atoms with Crippen molar-refractivity contribution in [2.45, 2.75) is 0 Å². The Morgan fingerprint density at radius 3 is 2.67 bits per heavy atom. The smallest absolute Gasteiger partial charge is 0.270 e. The number of nitrogens with zero attached hydrogens (tertiary/aromatic N) is 2. The third-order valence-electron chi connectivity index (χ3n) is 2.13. The van der Waals surface area contributed by atoms with Crippen LogP contribution >= 0.6 is 0 Å². The number of rotatable bonds is 1. The van der Waals surface area contributed by atoms with Crippen molar-refractivity contribution in [1.29, 1.82) is 0 Å². The lowest BCUT2D eigenvalue weighted by atomic mass is 9.94. The van der Waals surface area contributed by atoms with Gasteiger partial charge in [-0.2, -0.15) is 0 Å². The number of hydrogen-bond acceptors (Lipinski definition) is 4. The number of sulfone groups is 1. The average Bonchev–Trinajstić information content (AvgIpc) is 2.17. The summed E-state index contributed by atoms with van der Waals surface area (Å²) >= 11 is 0. The van der Waals surface area contributed by atoms with Gasteiger partial charge in [-0.3, -0.25) is 4.79 Å². The van der Waals surface area contributed by atoms with Gasteiger partial charge >= 0.3 is 0 Å². The van der Waals surface area contributed by atoms with Gasteiger partial charge in [-0.1, -0.05) is 24.3 Å². The molecule has 1 aliphatic heterocycles. The molecule has 0 radical (unpaired) electrons. The van der Waals surface area contributed by atoms with Gasteiger partial charge in [0.05, 0.1) is 5.92 Å². The van der Waals surface area contributed by atoms with E-state index in [4.69, 9.17) is 0 Å². The first-order valence-corrected chi connectivity index (χ1v) is 6.14. The Morgan fingerprint density at radius 2 is 2.00 bits per heavy atom. The van der Waals surface area contributed by atoms with Crippen molar-refractivity contribution in [2.75, 3.05) is 6.26 Å². The van der Waals surface area contributed by atoms with Crippen LogP contribution in [0.25, 0.3) is 0 Å². The molecule has 0 saturated heterocycles. The number of hydrogen-bond donors (Lipinski definition) is 0. The molecule has 1 amide bonds. The molecule has 0 aromatic rings. The minimum absolute atomic E-state index is 0.118. The maximum absolute atomic E-state index is 11.4. The number of allylic oxidation sites excluding steroid dienone is 3. The van der Waals surface area contributed by atoms with Crippen molar-refractivity contribution in [2.24, 2.45) is 16.1 Å². The van der Waals surface area contributed by atoms with Gasteiger partial charge in [-0.05, 0) is 0 Å². The predicted molar refractivity (Wildman–Crippen MR) is 53.5 cm³/mol. The number of fused-ring (bicyclic) bond motifs is 1. The van der Waals surface area contributed by atoms with Crippen molar-refractivity contribution in [1.82, 2.24) is 0 Å². The maximum atomic E-state index is 11.4. The molecule has 0 aromatic carbocycles. The fourth-order valence-corrected chi connectivity index (χ4v) is 2.28. The predicted octanol–water partition coefficient (Wildman–Crippen LogP) is 0.977. The lowest BCUT2D eigenvalue weighted by molar-refractivity contribution is -0.120. The first-order chi connectivity index (χ1) is 7.00. The van der Waals surface area contributed by atoms with E-state index < -0.39 is 21.7 Å². The molecule has 2 aliphatic rings. The quantitative estimate of drug-likeness (QED) is 0.666. The Bertz CT molecular complexity index is 538. The molecule has 0 aromatic heterocycles. The molecule has 0 spiro atoms.